The Labute approximate surface area is 102 Å². The molecule has 3 heteroatoms. The van der Waals surface area contributed by atoms with E-state index >= 15 is 0 Å². The largest absolute Gasteiger partial charge is 0.329 e. The van der Waals surface area contributed by atoms with Gasteiger partial charge < -0.3 is 10.3 Å². The van der Waals surface area contributed by atoms with Gasteiger partial charge in [0.25, 0.3) is 0 Å². The molecule has 1 atom stereocenters. The van der Waals surface area contributed by atoms with Crippen LogP contribution in [0.3, 0.4) is 0 Å². The van der Waals surface area contributed by atoms with Crippen molar-refractivity contribution in [3.8, 4) is 0 Å². The first-order chi connectivity index (χ1) is 8.20. The highest BCUT2D eigenvalue weighted by atomic mass is 15.1. The molecule has 0 saturated heterocycles. The molecule has 0 aliphatic rings. The summed E-state index contributed by atoms with van der Waals surface area (Å²) in [4.78, 5) is 4.16. The number of nitrogens with zero attached hydrogens (tertiary/aromatic N) is 2. The molecular weight excluding hydrogens is 210 g/mol. The van der Waals surface area contributed by atoms with Crippen molar-refractivity contribution < 1.29 is 0 Å². The van der Waals surface area contributed by atoms with E-state index in [0.29, 0.717) is 0 Å². The fraction of sp³-hybridized carbons (Fsp3) is 0.357. The first-order valence-corrected chi connectivity index (χ1v) is 6.04. The number of nitrogens with two attached hydrogens (primary N) is 1. The minimum Gasteiger partial charge on any atom is -0.329 e. The number of hydrogen-bond donors (Lipinski definition) is 1. The van der Waals surface area contributed by atoms with Crippen LogP contribution >= 0.6 is 0 Å². The maximum Gasteiger partial charge on any atom is 0.0951 e. The number of aromatic nitrogens is 2. The van der Waals surface area contributed by atoms with Crippen LogP contribution in [0.4, 0.5) is 0 Å². The monoisotopic (exact) mass is 229 g/mol. The molecule has 3 nitrogen and oxygen atoms in total. The van der Waals surface area contributed by atoms with Crippen LogP contribution in [-0.4, -0.2) is 9.55 Å². The van der Waals surface area contributed by atoms with Gasteiger partial charge in [0.05, 0.1) is 12.0 Å². The smallest absolute Gasteiger partial charge is 0.0951 e. The summed E-state index contributed by atoms with van der Waals surface area (Å²) < 4.78 is 2.10. The van der Waals surface area contributed by atoms with Crippen LogP contribution in [0, 0.1) is 0 Å². The van der Waals surface area contributed by atoms with E-state index in [1.54, 1.807) is 0 Å². The predicted octanol–water partition coefficient (Wildman–Crippen LogP) is 2.51. The maximum absolute atomic E-state index is 5.90. The number of imidazole rings is 1. The molecule has 1 aromatic carbocycles. The molecule has 0 aliphatic carbocycles. The summed E-state index contributed by atoms with van der Waals surface area (Å²) in [5.41, 5.74) is 9.62. The molecule has 2 N–H and O–H groups in total. The van der Waals surface area contributed by atoms with E-state index in [9.17, 15) is 0 Å². The molecule has 2 aromatic rings. The number of hydrogen-bond acceptors (Lipinski definition) is 2. The van der Waals surface area contributed by atoms with Crippen LogP contribution in [0.5, 0.6) is 0 Å². The topological polar surface area (TPSA) is 43.8 Å². The van der Waals surface area contributed by atoms with Crippen molar-refractivity contribution in [3.05, 3.63) is 53.6 Å². The van der Waals surface area contributed by atoms with Gasteiger partial charge in [0.1, 0.15) is 0 Å². The van der Waals surface area contributed by atoms with Crippen LogP contribution in [0.1, 0.15) is 36.7 Å². The first-order valence-electron chi connectivity index (χ1n) is 6.04. The molecule has 1 aromatic heterocycles. The molecule has 0 aliphatic heterocycles. The van der Waals surface area contributed by atoms with E-state index in [4.69, 9.17) is 5.73 Å². The third-order valence-corrected chi connectivity index (χ3v) is 3.00. The summed E-state index contributed by atoms with van der Waals surface area (Å²) in [6, 6.07) is 8.72. The zero-order valence-electron chi connectivity index (χ0n) is 10.4. The van der Waals surface area contributed by atoms with E-state index in [1.807, 2.05) is 19.4 Å². The number of rotatable bonds is 4. The van der Waals surface area contributed by atoms with Gasteiger partial charge in [-0.15, -0.1) is 0 Å². The van der Waals surface area contributed by atoms with Gasteiger partial charge in [0.15, 0.2) is 0 Å². The third-order valence-electron chi connectivity index (χ3n) is 3.00. The molecule has 0 spiro atoms. The minimum atomic E-state index is 0.0208. The van der Waals surface area contributed by atoms with Gasteiger partial charge in [-0.2, -0.15) is 0 Å². The van der Waals surface area contributed by atoms with Gasteiger partial charge in [-0.3, -0.25) is 0 Å². The predicted molar refractivity (Wildman–Crippen MR) is 69.8 cm³/mol. The highest BCUT2D eigenvalue weighted by Crippen LogP contribution is 2.12. The van der Waals surface area contributed by atoms with Crippen molar-refractivity contribution in [3.63, 3.8) is 0 Å². The van der Waals surface area contributed by atoms with Gasteiger partial charge in [-0.05, 0) is 24.5 Å². The Morgan fingerprint density at radius 3 is 2.47 bits per heavy atom. The Morgan fingerprint density at radius 1 is 1.24 bits per heavy atom. The Kier molecular flexibility index (Phi) is 3.59. The van der Waals surface area contributed by atoms with Crippen molar-refractivity contribution in [2.75, 3.05) is 0 Å². The van der Waals surface area contributed by atoms with E-state index in [-0.39, 0.29) is 6.04 Å². The fourth-order valence-corrected chi connectivity index (χ4v) is 1.92. The Morgan fingerprint density at radius 2 is 1.88 bits per heavy atom. The summed E-state index contributed by atoms with van der Waals surface area (Å²) in [6.45, 7) is 4.98. The zero-order valence-corrected chi connectivity index (χ0v) is 10.4. The average molecular weight is 229 g/mol. The molecule has 0 radical (unpaired) electrons. The van der Waals surface area contributed by atoms with Crippen molar-refractivity contribution in [2.24, 2.45) is 5.73 Å². The van der Waals surface area contributed by atoms with E-state index < -0.39 is 0 Å². The van der Waals surface area contributed by atoms with Crippen LogP contribution < -0.4 is 5.73 Å². The second kappa shape index (κ2) is 5.15. The lowest BCUT2D eigenvalue weighted by molar-refractivity contribution is 0.674. The second-order valence-corrected chi connectivity index (χ2v) is 4.41. The summed E-state index contributed by atoms with van der Waals surface area (Å²) in [5.74, 6) is 0. The van der Waals surface area contributed by atoms with Crippen LogP contribution in [0.2, 0.25) is 0 Å². The maximum atomic E-state index is 5.90. The Balaban J connectivity index is 2.16. The summed E-state index contributed by atoms with van der Waals surface area (Å²) >= 11 is 0. The normalized spacial score (nSPS) is 12.6. The van der Waals surface area contributed by atoms with Crippen LogP contribution in [0.25, 0.3) is 0 Å². The molecular formula is C14H19N3. The fourth-order valence-electron chi connectivity index (χ4n) is 1.92. The van der Waals surface area contributed by atoms with Gasteiger partial charge in [-0.25, -0.2) is 4.98 Å². The van der Waals surface area contributed by atoms with Crippen LogP contribution in [-0.2, 0) is 13.0 Å². The second-order valence-electron chi connectivity index (χ2n) is 4.41. The van der Waals surface area contributed by atoms with Gasteiger partial charge in [0.2, 0.25) is 0 Å². The average Bonchev–Trinajstić information content (AvgIpc) is 2.78. The third kappa shape index (κ3) is 2.74. The number of benzene rings is 1. The summed E-state index contributed by atoms with van der Waals surface area (Å²) in [5, 5.41) is 0. The highest BCUT2D eigenvalue weighted by Gasteiger charge is 2.06. The molecule has 17 heavy (non-hydrogen) atoms. The molecule has 0 amide bonds. The molecule has 0 fully saturated rings. The molecule has 1 unspecified atom stereocenters. The molecule has 2 rings (SSSR count). The quantitative estimate of drug-likeness (QED) is 0.875. The van der Waals surface area contributed by atoms with Crippen molar-refractivity contribution in [1.29, 1.82) is 0 Å². The lowest BCUT2D eigenvalue weighted by Crippen LogP contribution is -2.12. The van der Waals surface area contributed by atoms with Crippen molar-refractivity contribution in [2.45, 2.75) is 32.9 Å². The minimum absolute atomic E-state index is 0.0208. The van der Waals surface area contributed by atoms with Crippen molar-refractivity contribution in [1.82, 2.24) is 9.55 Å². The van der Waals surface area contributed by atoms with Crippen molar-refractivity contribution >= 4 is 0 Å². The molecule has 90 valence electrons. The molecule has 1 heterocycles. The lowest BCUT2D eigenvalue weighted by Gasteiger charge is -2.11. The van der Waals surface area contributed by atoms with E-state index in [1.165, 1.54) is 11.1 Å². The van der Waals surface area contributed by atoms with Gasteiger partial charge in [0, 0.05) is 18.8 Å². The summed E-state index contributed by atoms with van der Waals surface area (Å²) in [6.07, 6.45) is 4.76. The first kappa shape index (κ1) is 11.9. The zero-order chi connectivity index (χ0) is 12.3. The standard InChI is InChI=1S/C14H19N3/c1-3-12-4-6-13(7-5-12)9-17-10-16-8-14(17)11(2)15/h4-8,10-11H,3,9,15H2,1-2H3. The Bertz CT molecular complexity index is 468. The molecule has 0 bridgehead atoms. The number of aryl methyl sites for hydroxylation is 1. The lowest BCUT2D eigenvalue weighted by atomic mass is 10.1. The van der Waals surface area contributed by atoms with Gasteiger partial charge >= 0.3 is 0 Å². The molecule has 0 saturated carbocycles. The Hall–Kier alpha value is -1.61. The SMILES string of the molecule is CCc1ccc(Cn2cncc2C(C)N)cc1. The highest BCUT2D eigenvalue weighted by molar-refractivity contribution is 5.23. The van der Waals surface area contributed by atoms with Crippen LogP contribution in [0.15, 0.2) is 36.8 Å². The van der Waals surface area contributed by atoms with E-state index in [0.717, 1.165) is 18.7 Å². The van der Waals surface area contributed by atoms with Gasteiger partial charge in [-0.1, -0.05) is 31.2 Å². The summed E-state index contributed by atoms with van der Waals surface area (Å²) in [7, 11) is 0. The van der Waals surface area contributed by atoms with E-state index in [2.05, 4.69) is 40.7 Å².